The average molecular weight is 271 g/mol. The molecule has 0 heterocycles. The van der Waals surface area contributed by atoms with E-state index in [-0.39, 0.29) is 5.91 Å². The third kappa shape index (κ3) is 4.94. The molecule has 0 atom stereocenters. The minimum atomic E-state index is -0.175. The quantitative estimate of drug-likeness (QED) is 0.616. The molecule has 0 aliphatic rings. The van der Waals surface area contributed by atoms with Gasteiger partial charge in [0.2, 0.25) is 0 Å². The Kier molecular flexibility index (Phi) is 5.95. The van der Waals surface area contributed by atoms with Gasteiger partial charge in [0.15, 0.2) is 0 Å². The normalized spacial score (nSPS) is 10.7. The van der Waals surface area contributed by atoms with E-state index in [1.54, 1.807) is 18.2 Å². The van der Waals surface area contributed by atoms with Crippen molar-refractivity contribution >= 4 is 23.2 Å². The van der Waals surface area contributed by atoms with Crippen LogP contribution >= 0.6 is 11.6 Å². The van der Waals surface area contributed by atoms with Crippen LogP contribution in [0.1, 0.15) is 24.2 Å². The van der Waals surface area contributed by atoms with Crippen molar-refractivity contribution in [1.29, 1.82) is 0 Å². The smallest absolute Gasteiger partial charge is 0.251 e. The highest BCUT2D eigenvalue weighted by Gasteiger charge is 2.06. The van der Waals surface area contributed by atoms with Gasteiger partial charge in [0.05, 0.1) is 17.3 Å². The lowest BCUT2D eigenvalue weighted by molar-refractivity contribution is 0.0886. The highest BCUT2D eigenvalue weighted by atomic mass is 35.5. The molecule has 1 rings (SSSR count). The Morgan fingerprint density at radius 1 is 1.50 bits per heavy atom. The number of nitrogens with one attached hydrogen (secondary N) is 1. The molecule has 100 valence electrons. The number of benzene rings is 1. The Balaban J connectivity index is 2.34. The second-order valence-electron chi connectivity index (χ2n) is 4.46. The lowest BCUT2D eigenvalue weighted by atomic mass is 10.2. The van der Waals surface area contributed by atoms with Crippen molar-refractivity contribution in [3.8, 4) is 0 Å². The van der Waals surface area contributed by atoms with Gasteiger partial charge in [-0.05, 0) is 24.1 Å². The summed E-state index contributed by atoms with van der Waals surface area (Å²) in [6, 6.07) is 4.82. The largest absolute Gasteiger partial charge is 0.398 e. The Morgan fingerprint density at radius 3 is 2.83 bits per heavy atom. The van der Waals surface area contributed by atoms with Crippen LogP contribution in [0.15, 0.2) is 18.2 Å². The SMILES string of the molecule is CC(C)COCCNC(=O)c1ccc(Cl)c(N)c1. The summed E-state index contributed by atoms with van der Waals surface area (Å²) in [6.07, 6.45) is 0. The first kappa shape index (κ1) is 14.8. The zero-order chi connectivity index (χ0) is 13.5. The first-order valence-electron chi connectivity index (χ1n) is 5.91. The third-order valence-corrected chi connectivity index (χ3v) is 2.59. The molecular weight excluding hydrogens is 252 g/mol. The maximum atomic E-state index is 11.7. The number of anilines is 1. The first-order valence-corrected chi connectivity index (χ1v) is 6.29. The molecule has 18 heavy (non-hydrogen) atoms. The number of ether oxygens (including phenoxy) is 1. The van der Waals surface area contributed by atoms with Crippen molar-refractivity contribution in [2.24, 2.45) is 5.92 Å². The van der Waals surface area contributed by atoms with Crippen LogP contribution in [0, 0.1) is 5.92 Å². The van der Waals surface area contributed by atoms with E-state index in [1.807, 2.05) is 0 Å². The lowest BCUT2D eigenvalue weighted by Crippen LogP contribution is -2.27. The summed E-state index contributed by atoms with van der Waals surface area (Å²) < 4.78 is 5.36. The van der Waals surface area contributed by atoms with Crippen molar-refractivity contribution in [2.75, 3.05) is 25.5 Å². The summed E-state index contributed by atoms with van der Waals surface area (Å²) in [7, 11) is 0. The van der Waals surface area contributed by atoms with Crippen molar-refractivity contribution in [3.05, 3.63) is 28.8 Å². The van der Waals surface area contributed by atoms with E-state index in [2.05, 4.69) is 19.2 Å². The molecule has 0 aliphatic carbocycles. The molecule has 0 aliphatic heterocycles. The van der Waals surface area contributed by atoms with Gasteiger partial charge < -0.3 is 15.8 Å². The fourth-order valence-corrected chi connectivity index (χ4v) is 1.46. The molecule has 0 spiro atoms. The second kappa shape index (κ2) is 7.24. The maximum Gasteiger partial charge on any atom is 0.251 e. The summed E-state index contributed by atoms with van der Waals surface area (Å²) in [5, 5.41) is 3.21. The molecule has 1 amide bonds. The summed E-state index contributed by atoms with van der Waals surface area (Å²) in [6.45, 7) is 5.84. The maximum absolute atomic E-state index is 11.7. The standard InChI is InChI=1S/C13H19ClN2O2/c1-9(2)8-18-6-5-16-13(17)10-3-4-11(14)12(15)7-10/h3-4,7,9H,5-6,8,15H2,1-2H3,(H,16,17). The molecule has 0 saturated heterocycles. The molecule has 5 heteroatoms. The number of amides is 1. The van der Waals surface area contributed by atoms with Gasteiger partial charge in [-0.3, -0.25) is 4.79 Å². The number of halogens is 1. The van der Waals surface area contributed by atoms with Crippen LogP contribution in [0.25, 0.3) is 0 Å². The molecule has 0 saturated carbocycles. The predicted molar refractivity (Wildman–Crippen MR) is 73.9 cm³/mol. The number of nitrogen functional groups attached to an aromatic ring is 1. The van der Waals surface area contributed by atoms with E-state index in [9.17, 15) is 4.79 Å². The minimum Gasteiger partial charge on any atom is -0.398 e. The van der Waals surface area contributed by atoms with Crippen molar-refractivity contribution in [1.82, 2.24) is 5.32 Å². The number of hydrogen-bond acceptors (Lipinski definition) is 3. The predicted octanol–water partition coefficient (Wildman–Crippen LogP) is 2.32. The van der Waals surface area contributed by atoms with Gasteiger partial charge in [0, 0.05) is 18.7 Å². The number of carbonyl (C=O) groups is 1. The van der Waals surface area contributed by atoms with Crippen LogP contribution in [0.4, 0.5) is 5.69 Å². The van der Waals surface area contributed by atoms with Gasteiger partial charge >= 0.3 is 0 Å². The van der Waals surface area contributed by atoms with Gasteiger partial charge in [-0.1, -0.05) is 25.4 Å². The Labute approximate surface area is 112 Å². The molecule has 0 bridgehead atoms. The van der Waals surface area contributed by atoms with Gasteiger partial charge in [-0.2, -0.15) is 0 Å². The van der Waals surface area contributed by atoms with Crippen LogP contribution in [0.5, 0.6) is 0 Å². The van der Waals surface area contributed by atoms with Crippen LogP contribution in [0.2, 0.25) is 5.02 Å². The zero-order valence-electron chi connectivity index (χ0n) is 10.7. The van der Waals surface area contributed by atoms with E-state index < -0.39 is 0 Å². The molecule has 0 unspecified atom stereocenters. The van der Waals surface area contributed by atoms with Crippen LogP contribution in [0.3, 0.4) is 0 Å². The van der Waals surface area contributed by atoms with E-state index in [0.29, 0.717) is 41.9 Å². The topological polar surface area (TPSA) is 64.3 Å². The number of nitrogens with two attached hydrogens (primary N) is 1. The van der Waals surface area contributed by atoms with Crippen LogP contribution in [-0.2, 0) is 4.74 Å². The Bertz CT molecular complexity index is 408. The van der Waals surface area contributed by atoms with Crippen molar-refractivity contribution < 1.29 is 9.53 Å². The summed E-state index contributed by atoms with van der Waals surface area (Å²) in [4.78, 5) is 11.7. The zero-order valence-corrected chi connectivity index (χ0v) is 11.5. The van der Waals surface area contributed by atoms with Crippen LogP contribution < -0.4 is 11.1 Å². The molecule has 4 nitrogen and oxygen atoms in total. The molecule has 0 aromatic heterocycles. The van der Waals surface area contributed by atoms with Crippen molar-refractivity contribution in [3.63, 3.8) is 0 Å². The fourth-order valence-electron chi connectivity index (χ4n) is 1.34. The Hall–Kier alpha value is -1.26. The van der Waals surface area contributed by atoms with Crippen molar-refractivity contribution in [2.45, 2.75) is 13.8 Å². The van der Waals surface area contributed by atoms with Gasteiger partial charge in [-0.15, -0.1) is 0 Å². The highest BCUT2D eigenvalue weighted by molar-refractivity contribution is 6.33. The summed E-state index contributed by atoms with van der Waals surface area (Å²) in [5.41, 5.74) is 6.54. The number of rotatable bonds is 6. The monoisotopic (exact) mass is 270 g/mol. The number of hydrogen-bond donors (Lipinski definition) is 2. The second-order valence-corrected chi connectivity index (χ2v) is 4.87. The lowest BCUT2D eigenvalue weighted by Gasteiger charge is -2.08. The van der Waals surface area contributed by atoms with Gasteiger partial charge in [-0.25, -0.2) is 0 Å². The minimum absolute atomic E-state index is 0.175. The van der Waals surface area contributed by atoms with E-state index in [4.69, 9.17) is 22.1 Å². The molecular formula is C13H19ClN2O2. The van der Waals surface area contributed by atoms with E-state index in [1.165, 1.54) is 0 Å². The molecule has 1 aromatic rings. The van der Waals surface area contributed by atoms with Crippen LogP contribution in [-0.4, -0.2) is 25.7 Å². The first-order chi connectivity index (χ1) is 8.50. The number of carbonyl (C=O) groups excluding carboxylic acids is 1. The van der Waals surface area contributed by atoms with Gasteiger partial charge in [0.25, 0.3) is 5.91 Å². The van der Waals surface area contributed by atoms with Gasteiger partial charge in [0.1, 0.15) is 0 Å². The van der Waals surface area contributed by atoms with E-state index in [0.717, 1.165) is 0 Å². The average Bonchev–Trinajstić information content (AvgIpc) is 2.31. The molecule has 1 aromatic carbocycles. The fraction of sp³-hybridized carbons (Fsp3) is 0.462. The molecule has 0 radical (unpaired) electrons. The summed E-state index contributed by atoms with van der Waals surface area (Å²) in [5.74, 6) is 0.322. The highest BCUT2D eigenvalue weighted by Crippen LogP contribution is 2.19. The summed E-state index contributed by atoms with van der Waals surface area (Å²) >= 11 is 5.78. The Morgan fingerprint density at radius 2 is 2.22 bits per heavy atom. The molecule has 0 fully saturated rings. The third-order valence-electron chi connectivity index (χ3n) is 2.24. The van der Waals surface area contributed by atoms with E-state index >= 15 is 0 Å². The molecule has 3 N–H and O–H groups in total.